The van der Waals surface area contributed by atoms with E-state index in [4.69, 9.17) is 0 Å². The topological polar surface area (TPSA) is 9.86 Å². The molecule has 0 aliphatic rings. The zero-order chi connectivity index (χ0) is 39.9. The standard InChI is InChI=1S/C49H27F7N2/c50-37-27-38(51)48(53)45(47(37)52)32-25-43(57-39-17-9-7-15-33(39)35-23-30(19-21-41(35)57)28-11-3-1-4-12-28)46(49(54,55)56)44(26-32)58-40-18-10-8-16-34(40)36-24-31(20-22-42(36)58)29-13-5-2-6-14-29/h1-27H. The molecule has 10 rings (SSSR count). The fraction of sp³-hybridized carbons (Fsp3) is 0.0204. The van der Waals surface area contributed by atoms with Crippen molar-refractivity contribution in [1.82, 2.24) is 9.13 Å². The molecule has 0 spiro atoms. The summed E-state index contributed by atoms with van der Waals surface area (Å²) in [6.45, 7) is 0. The summed E-state index contributed by atoms with van der Waals surface area (Å²) in [6, 6.07) is 45.6. The monoisotopic (exact) mass is 776 g/mol. The molecule has 10 aromatic rings. The normalized spacial score (nSPS) is 12.1. The number of hydrogen-bond acceptors (Lipinski definition) is 0. The third kappa shape index (κ3) is 5.49. The molecule has 0 unspecified atom stereocenters. The van der Waals surface area contributed by atoms with E-state index in [0.717, 1.165) is 34.4 Å². The zero-order valence-corrected chi connectivity index (χ0v) is 30.1. The number of fused-ring (bicyclic) bond motifs is 6. The van der Waals surface area contributed by atoms with Crippen LogP contribution in [0.5, 0.6) is 0 Å². The van der Waals surface area contributed by atoms with Crippen LogP contribution in [0.2, 0.25) is 0 Å². The molecule has 0 amide bonds. The van der Waals surface area contributed by atoms with E-state index in [9.17, 15) is 8.78 Å². The highest BCUT2D eigenvalue weighted by molar-refractivity contribution is 6.12. The van der Waals surface area contributed by atoms with E-state index in [-0.39, 0.29) is 6.07 Å². The van der Waals surface area contributed by atoms with Gasteiger partial charge >= 0.3 is 6.18 Å². The first kappa shape index (κ1) is 35.3. The minimum atomic E-state index is -5.07. The highest BCUT2D eigenvalue weighted by Crippen LogP contribution is 2.47. The van der Waals surface area contributed by atoms with Crippen molar-refractivity contribution in [2.45, 2.75) is 6.18 Å². The minimum Gasteiger partial charge on any atom is -0.309 e. The maximum absolute atomic E-state index is 16.2. The van der Waals surface area contributed by atoms with Gasteiger partial charge in [0.1, 0.15) is 5.56 Å². The number of halogens is 7. The van der Waals surface area contributed by atoms with Gasteiger partial charge in [0.25, 0.3) is 0 Å². The van der Waals surface area contributed by atoms with Gasteiger partial charge in [0.05, 0.1) is 39.0 Å². The van der Waals surface area contributed by atoms with Gasteiger partial charge < -0.3 is 9.13 Å². The highest BCUT2D eigenvalue weighted by Gasteiger charge is 2.40. The first-order valence-electron chi connectivity index (χ1n) is 18.3. The Labute approximate surface area is 326 Å². The van der Waals surface area contributed by atoms with Crippen molar-refractivity contribution in [3.8, 4) is 44.8 Å². The van der Waals surface area contributed by atoms with Crippen LogP contribution in [0.15, 0.2) is 164 Å². The number of hydrogen-bond donors (Lipinski definition) is 0. The molecule has 58 heavy (non-hydrogen) atoms. The molecule has 2 aromatic heterocycles. The maximum Gasteiger partial charge on any atom is 0.420 e. The van der Waals surface area contributed by atoms with Crippen LogP contribution < -0.4 is 0 Å². The number of aromatic nitrogens is 2. The zero-order valence-electron chi connectivity index (χ0n) is 30.1. The van der Waals surface area contributed by atoms with Crippen LogP contribution in [0, 0.1) is 23.3 Å². The third-order valence-corrected chi connectivity index (χ3v) is 10.8. The van der Waals surface area contributed by atoms with Crippen molar-refractivity contribution >= 4 is 43.6 Å². The summed E-state index contributed by atoms with van der Waals surface area (Å²) < 4.78 is 113. The van der Waals surface area contributed by atoms with Gasteiger partial charge in [0.2, 0.25) is 0 Å². The quantitative estimate of drug-likeness (QED) is 0.122. The number of para-hydroxylation sites is 2. The summed E-state index contributed by atoms with van der Waals surface area (Å²) >= 11 is 0. The van der Waals surface area contributed by atoms with E-state index >= 15 is 22.0 Å². The third-order valence-electron chi connectivity index (χ3n) is 10.8. The van der Waals surface area contributed by atoms with Gasteiger partial charge in [-0.05, 0) is 76.3 Å². The number of alkyl halides is 3. The molecule has 0 fully saturated rings. The van der Waals surface area contributed by atoms with Crippen LogP contribution in [0.3, 0.4) is 0 Å². The van der Waals surface area contributed by atoms with Gasteiger partial charge in [-0.2, -0.15) is 13.2 Å². The SMILES string of the molecule is Fc1cc(F)c(F)c(-c2cc(-n3c4ccccc4c4cc(-c5ccccc5)ccc43)c(C(F)(F)F)c(-n3c4ccccc4c4cc(-c5ccccc5)ccc43)c2)c1F. The first-order valence-corrected chi connectivity index (χ1v) is 18.3. The van der Waals surface area contributed by atoms with Gasteiger partial charge in [-0.15, -0.1) is 0 Å². The molecular weight excluding hydrogens is 750 g/mol. The smallest absolute Gasteiger partial charge is 0.309 e. The Hall–Kier alpha value is -7.13. The van der Waals surface area contributed by atoms with Crippen molar-refractivity contribution in [1.29, 1.82) is 0 Å². The van der Waals surface area contributed by atoms with Gasteiger partial charge in [-0.1, -0.05) is 109 Å². The van der Waals surface area contributed by atoms with E-state index < -0.39 is 57.5 Å². The molecule has 0 N–H and O–H groups in total. The molecular formula is C49H27F7N2. The Morgan fingerprint density at radius 2 is 0.741 bits per heavy atom. The molecule has 2 heterocycles. The number of rotatable bonds is 5. The molecule has 0 saturated heterocycles. The lowest BCUT2D eigenvalue weighted by atomic mass is 9.97. The van der Waals surface area contributed by atoms with Crippen molar-refractivity contribution < 1.29 is 30.7 Å². The predicted octanol–water partition coefficient (Wildman–Crippen LogP) is 14.5. The van der Waals surface area contributed by atoms with Crippen LogP contribution >= 0.6 is 0 Å². The van der Waals surface area contributed by atoms with Crippen LogP contribution in [-0.2, 0) is 6.18 Å². The molecule has 282 valence electrons. The molecule has 0 saturated carbocycles. The van der Waals surface area contributed by atoms with E-state index in [1.807, 2.05) is 72.8 Å². The summed E-state index contributed by atoms with van der Waals surface area (Å²) in [5.41, 5.74) is 1.17. The van der Waals surface area contributed by atoms with Crippen molar-refractivity contribution in [2.75, 3.05) is 0 Å². The Morgan fingerprint density at radius 3 is 1.17 bits per heavy atom. The lowest BCUT2D eigenvalue weighted by Crippen LogP contribution is -2.16. The van der Waals surface area contributed by atoms with Crippen LogP contribution in [0.1, 0.15) is 5.56 Å². The Balaban J connectivity index is 1.37. The van der Waals surface area contributed by atoms with Crippen LogP contribution in [0.4, 0.5) is 30.7 Å². The second-order valence-corrected chi connectivity index (χ2v) is 14.1. The van der Waals surface area contributed by atoms with E-state index in [1.54, 1.807) is 72.8 Å². The molecule has 0 aliphatic carbocycles. The number of benzene rings is 8. The molecule has 2 nitrogen and oxygen atoms in total. The summed E-state index contributed by atoms with van der Waals surface area (Å²) in [6.07, 6.45) is -5.07. The summed E-state index contributed by atoms with van der Waals surface area (Å²) in [5.74, 6) is -6.85. The largest absolute Gasteiger partial charge is 0.420 e. The van der Waals surface area contributed by atoms with Crippen LogP contribution in [-0.4, -0.2) is 9.13 Å². The van der Waals surface area contributed by atoms with Gasteiger partial charge in [0.15, 0.2) is 23.3 Å². The van der Waals surface area contributed by atoms with Crippen molar-refractivity contribution in [3.05, 3.63) is 193 Å². The molecule has 0 aliphatic heterocycles. The maximum atomic E-state index is 16.2. The second kappa shape index (κ2) is 13.2. The summed E-state index contributed by atoms with van der Waals surface area (Å²) in [7, 11) is 0. The first-order chi connectivity index (χ1) is 28.1. The number of nitrogens with zero attached hydrogens (tertiary/aromatic N) is 2. The van der Waals surface area contributed by atoms with Crippen LogP contribution in [0.25, 0.3) is 88.4 Å². The molecule has 0 atom stereocenters. The molecule has 8 aromatic carbocycles. The average molecular weight is 777 g/mol. The Bertz CT molecular complexity index is 3050. The van der Waals surface area contributed by atoms with Gasteiger partial charge in [-0.25, -0.2) is 17.6 Å². The Kier molecular flexibility index (Phi) is 8.05. The van der Waals surface area contributed by atoms with Gasteiger partial charge in [-0.3, -0.25) is 0 Å². The van der Waals surface area contributed by atoms with Crippen molar-refractivity contribution in [3.63, 3.8) is 0 Å². The minimum absolute atomic E-state index is 0.0780. The Morgan fingerprint density at radius 1 is 0.345 bits per heavy atom. The van der Waals surface area contributed by atoms with E-state index in [1.165, 1.54) is 9.13 Å². The summed E-state index contributed by atoms with van der Waals surface area (Å²) in [4.78, 5) is 0. The molecule has 0 radical (unpaired) electrons. The average Bonchev–Trinajstić information content (AvgIpc) is 3.75. The highest BCUT2D eigenvalue weighted by atomic mass is 19.4. The molecule has 0 bridgehead atoms. The predicted molar refractivity (Wildman–Crippen MR) is 216 cm³/mol. The fourth-order valence-electron chi connectivity index (χ4n) is 8.31. The van der Waals surface area contributed by atoms with E-state index in [2.05, 4.69) is 0 Å². The summed E-state index contributed by atoms with van der Waals surface area (Å²) in [5, 5.41) is 2.48. The lowest BCUT2D eigenvalue weighted by molar-refractivity contribution is -0.137. The van der Waals surface area contributed by atoms with Gasteiger partial charge in [0, 0.05) is 27.6 Å². The molecule has 9 heteroatoms. The lowest BCUT2D eigenvalue weighted by Gasteiger charge is -2.23. The fourth-order valence-corrected chi connectivity index (χ4v) is 8.31. The van der Waals surface area contributed by atoms with E-state index in [0.29, 0.717) is 43.6 Å². The second-order valence-electron chi connectivity index (χ2n) is 14.1. The van der Waals surface area contributed by atoms with Crippen molar-refractivity contribution in [2.24, 2.45) is 0 Å².